The van der Waals surface area contributed by atoms with E-state index >= 15 is 0 Å². The van der Waals surface area contributed by atoms with Crippen LogP contribution in [0.4, 0.5) is 0 Å². The average Bonchev–Trinajstić information content (AvgIpc) is 2.91. The first-order valence-electron chi connectivity index (χ1n) is 6.02. The first-order chi connectivity index (χ1) is 10.1. The molecule has 2 heterocycles. The molecule has 0 amide bonds. The van der Waals surface area contributed by atoms with Crippen LogP contribution >= 0.6 is 11.6 Å². The Balaban J connectivity index is 2.22. The van der Waals surface area contributed by atoms with E-state index in [9.17, 15) is 9.90 Å². The van der Waals surface area contributed by atoms with Crippen molar-refractivity contribution in [2.24, 2.45) is 0 Å². The third-order valence-corrected chi connectivity index (χ3v) is 3.28. The minimum absolute atomic E-state index is 0.154. The summed E-state index contributed by atoms with van der Waals surface area (Å²) in [7, 11) is 1.30. The van der Waals surface area contributed by atoms with Gasteiger partial charge < -0.3 is 9.84 Å². The van der Waals surface area contributed by atoms with Crippen molar-refractivity contribution in [1.29, 1.82) is 0 Å². The molecule has 0 radical (unpaired) electrons. The Kier molecular flexibility index (Phi) is 3.23. The molecule has 7 heteroatoms. The Labute approximate surface area is 124 Å². The Bertz CT molecular complexity index is 827. The number of benzene rings is 1. The first-order valence-corrected chi connectivity index (χ1v) is 6.40. The molecule has 0 saturated heterocycles. The van der Waals surface area contributed by atoms with E-state index in [0.29, 0.717) is 22.1 Å². The van der Waals surface area contributed by atoms with Crippen LogP contribution in [0.3, 0.4) is 0 Å². The fourth-order valence-corrected chi connectivity index (χ4v) is 2.24. The maximum absolute atomic E-state index is 11.7. The molecule has 1 N–H and O–H groups in total. The van der Waals surface area contributed by atoms with Crippen molar-refractivity contribution in [3.05, 3.63) is 47.1 Å². The molecule has 3 rings (SSSR count). The second-order valence-corrected chi connectivity index (χ2v) is 4.74. The number of carbonyl (C=O) groups excluding carboxylic acids is 1. The van der Waals surface area contributed by atoms with Crippen molar-refractivity contribution in [2.75, 3.05) is 7.11 Å². The minimum atomic E-state index is -0.496. The summed E-state index contributed by atoms with van der Waals surface area (Å²) < 4.78 is 6.31. The van der Waals surface area contributed by atoms with Gasteiger partial charge in [0.25, 0.3) is 0 Å². The van der Waals surface area contributed by atoms with Gasteiger partial charge in [-0.3, -0.25) is 4.40 Å². The average molecular weight is 304 g/mol. The highest BCUT2D eigenvalue weighted by Crippen LogP contribution is 2.25. The van der Waals surface area contributed by atoms with E-state index in [0.717, 1.165) is 5.56 Å². The van der Waals surface area contributed by atoms with E-state index in [4.69, 9.17) is 16.3 Å². The van der Waals surface area contributed by atoms with E-state index in [1.165, 1.54) is 13.2 Å². The minimum Gasteiger partial charge on any atom is -0.508 e. The van der Waals surface area contributed by atoms with Crippen LogP contribution in [-0.4, -0.2) is 32.8 Å². The van der Waals surface area contributed by atoms with Gasteiger partial charge in [0.2, 0.25) is 0 Å². The molecular weight excluding hydrogens is 294 g/mol. The van der Waals surface area contributed by atoms with Crippen LogP contribution in [0.2, 0.25) is 5.02 Å². The number of hydrogen-bond donors (Lipinski definition) is 1. The van der Waals surface area contributed by atoms with Crippen LogP contribution in [0.1, 0.15) is 10.4 Å². The number of methoxy groups -OCH3 is 1. The molecule has 0 fully saturated rings. The molecule has 2 aromatic heterocycles. The Hall–Kier alpha value is -2.60. The molecule has 1 aromatic carbocycles. The van der Waals surface area contributed by atoms with Gasteiger partial charge in [-0.15, -0.1) is 10.2 Å². The maximum Gasteiger partial charge on any atom is 0.339 e. The van der Waals surface area contributed by atoms with Gasteiger partial charge in [-0.2, -0.15) is 0 Å². The number of rotatable bonds is 2. The molecule has 0 aliphatic rings. The predicted molar refractivity (Wildman–Crippen MR) is 76.4 cm³/mol. The molecule has 21 heavy (non-hydrogen) atoms. The summed E-state index contributed by atoms with van der Waals surface area (Å²) >= 11 is 6.12. The van der Waals surface area contributed by atoms with Crippen molar-refractivity contribution >= 4 is 23.2 Å². The Morgan fingerprint density at radius 3 is 2.67 bits per heavy atom. The molecule has 0 saturated carbocycles. The van der Waals surface area contributed by atoms with Gasteiger partial charge in [0, 0.05) is 11.8 Å². The van der Waals surface area contributed by atoms with Crippen LogP contribution in [0, 0.1) is 0 Å². The largest absolute Gasteiger partial charge is 0.508 e. The Morgan fingerprint density at radius 2 is 2.00 bits per heavy atom. The summed E-state index contributed by atoms with van der Waals surface area (Å²) in [5.41, 5.74) is 1.47. The van der Waals surface area contributed by atoms with Gasteiger partial charge in [-0.1, -0.05) is 11.6 Å². The van der Waals surface area contributed by atoms with E-state index in [2.05, 4.69) is 10.2 Å². The number of nitrogens with zero attached hydrogens (tertiary/aromatic N) is 3. The molecule has 106 valence electrons. The zero-order valence-electron chi connectivity index (χ0n) is 10.9. The number of esters is 1. The second-order valence-electron chi connectivity index (χ2n) is 4.33. The van der Waals surface area contributed by atoms with Crippen molar-refractivity contribution in [3.8, 4) is 17.1 Å². The SMILES string of the molecule is COC(=O)c1cc(Cl)c2nnc(-c3ccc(O)cc3)n2c1. The zero-order valence-corrected chi connectivity index (χ0v) is 11.7. The van der Waals surface area contributed by atoms with Gasteiger partial charge in [0.1, 0.15) is 5.75 Å². The van der Waals surface area contributed by atoms with Crippen LogP contribution < -0.4 is 0 Å². The second kappa shape index (κ2) is 5.06. The number of aromatic nitrogens is 3. The number of phenolic OH excluding ortho intramolecular Hbond substituents is 1. The first kappa shape index (κ1) is 13.4. The molecule has 0 spiro atoms. The number of ether oxygens (including phenoxy) is 1. The van der Waals surface area contributed by atoms with E-state index in [1.54, 1.807) is 34.9 Å². The molecule has 0 bridgehead atoms. The number of fused-ring (bicyclic) bond motifs is 1. The van der Waals surface area contributed by atoms with Crippen molar-refractivity contribution < 1.29 is 14.6 Å². The van der Waals surface area contributed by atoms with E-state index < -0.39 is 5.97 Å². The van der Waals surface area contributed by atoms with E-state index in [1.807, 2.05) is 0 Å². The monoisotopic (exact) mass is 303 g/mol. The molecule has 0 atom stereocenters. The molecule has 0 aliphatic carbocycles. The summed E-state index contributed by atoms with van der Waals surface area (Å²) in [6, 6.07) is 7.97. The molecule has 0 unspecified atom stereocenters. The standard InChI is InChI=1S/C14H10ClN3O3/c1-21-14(20)9-6-11(15)13-17-16-12(18(13)7-9)8-2-4-10(19)5-3-8/h2-7,19H,1H3. The number of phenols is 1. The fraction of sp³-hybridized carbons (Fsp3) is 0.0714. The van der Waals surface area contributed by atoms with Gasteiger partial charge in [-0.05, 0) is 30.3 Å². The zero-order chi connectivity index (χ0) is 15.0. The number of aromatic hydroxyl groups is 1. The molecule has 6 nitrogen and oxygen atoms in total. The highest BCUT2D eigenvalue weighted by Gasteiger charge is 2.15. The lowest BCUT2D eigenvalue weighted by molar-refractivity contribution is 0.0600. The van der Waals surface area contributed by atoms with Crippen LogP contribution in [0.5, 0.6) is 5.75 Å². The predicted octanol–water partition coefficient (Wildman–Crippen LogP) is 2.54. The lowest BCUT2D eigenvalue weighted by Gasteiger charge is -2.04. The molecular formula is C14H10ClN3O3. The highest BCUT2D eigenvalue weighted by molar-refractivity contribution is 6.33. The van der Waals surface area contributed by atoms with Gasteiger partial charge in [0.05, 0.1) is 17.7 Å². The van der Waals surface area contributed by atoms with Crippen LogP contribution in [-0.2, 0) is 4.74 Å². The summed E-state index contributed by atoms with van der Waals surface area (Å²) in [5.74, 6) is 0.169. The smallest absolute Gasteiger partial charge is 0.339 e. The third kappa shape index (κ3) is 2.30. The maximum atomic E-state index is 11.7. The van der Waals surface area contributed by atoms with Crippen molar-refractivity contribution in [3.63, 3.8) is 0 Å². The van der Waals surface area contributed by atoms with E-state index in [-0.39, 0.29) is 5.75 Å². The Morgan fingerprint density at radius 1 is 1.29 bits per heavy atom. The number of halogens is 1. The van der Waals surface area contributed by atoms with Crippen LogP contribution in [0.15, 0.2) is 36.5 Å². The molecule has 0 aliphatic heterocycles. The number of pyridine rings is 1. The van der Waals surface area contributed by atoms with Gasteiger partial charge in [-0.25, -0.2) is 4.79 Å². The van der Waals surface area contributed by atoms with Crippen LogP contribution in [0.25, 0.3) is 17.0 Å². The molecule has 3 aromatic rings. The summed E-state index contributed by atoms with van der Waals surface area (Å²) in [4.78, 5) is 11.7. The summed E-state index contributed by atoms with van der Waals surface area (Å²) in [5, 5.41) is 17.7. The lowest BCUT2D eigenvalue weighted by Crippen LogP contribution is -2.03. The van der Waals surface area contributed by atoms with Crippen molar-refractivity contribution in [1.82, 2.24) is 14.6 Å². The normalized spacial score (nSPS) is 10.8. The van der Waals surface area contributed by atoms with Crippen molar-refractivity contribution in [2.45, 2.75) is 0 Å². The van der Waals surface area contributed by atoms with Gasteiger partial charge >= 0.3 is 5.97 Å². The third-order valence-electron chi connectivity index (χ3n) is 3.01. The quantitative estimate of drug-likeness (QED) is 0.736. The lowest BCUT2D eigenvalue weighted by atomic mass is 10.2. The number of hydrogen-bond acceptors (Lipinski definition) is 5. The van der Waals surface area contributed by atoms with Gasteiger partial charge in [0.15, 0.2) is 11.5 Å². The summed E-state index contributed by atoms with van der Waals surface area (Å²) in [6.45, 7) is 0. The number of carbonyl (C=O) groups is 1. The summed E-state index contributed by atoms with van der Waals surface area (Å²) in [6.07, 6.45) is 1.56. The fourth-order valence-electron chi connectivity index (χ4n) is 1.99. The topological polar surface area (TPSA) is 76.7 Å². The highest BCUT2D eigenvalue weighted by atomic mass is 35.5.